The second kappa shape index (κ2) is 6.60. The molecule has 0 unspecified atom stereocenters. The van der Waals surface area contributed by atoms with E-state index in [2.05, 4.69) is 5.32 Å². The molecule has 0 fully saturated rings. The van der Waals surface area contributed by atoms with E-state index in [-0.39, 0.29) is 5.91 Å². The molecular weight excluding hydrogens is 330 g/mol. The first-order chi connectivity index (χ1) is 11.1. The number of carbonyl (C=O) groups is 1. The van der Waals surface area contributed by atoms with Crippen LogP contribution in [0, 0.1) is 6.92 Å². The molecule has 1 heterocycles. The van der Waals surface area contributed by atoms with Crippen LogP contribution in [0.3, 0.4) is 0 Å². The maximum absolute atomic E-state index is 12.5. The number of aryl methyl sites for hydroxylation is 1. The van der Waals surface area contributed by atoms with Gasteiger partial charge in [0.05, 0.1) is 7.11 Å². The number of hydrogen-bond donors (Lipinski definition) is 1. The van der Waals surface area contributed by atoms with Crippen molar-refractivity contribution in [2.24, 2.45) is 0 Å². The Hall–Kier alpha value is -2.04. The summed E-state index contributed by atoms with van der Waals surface area (Å²) in [5, 5.41) is 4.49. The Bertz CT molecular complexity index is 855. The molecule has 2 aromatic carbocycles. The van der Waals surface area contributed by atoms with Gasteiger partial charge >= 0.3 is 0 Å². The SMILES string of the molecule is COc1c(C(=O)NCc2ccc(C)cc2)sc2cc(Cl)ccc12. The lowest BCUT2D eigenvalue weighted by Gasteiger charge is -2.06. The fraction of sp³-hybridized carbons (Fsp3) is 0.167. The zero-order chi connectivity index (χ0) is 16.4. The van der Waals surface area contributed by atoms with Crippen LogP contribution < -0.4 is 10.1 Å². The number of methoxy groups -OCH3 is 1. The van der Waals surface area contributed by atoms with Crippen LogP contribution in [0.15, 0.2) is 42.5 Å². The number of rotatable bonds is 4. The minimum atomic E-state index is -0.139. The first-order valence-electron chi connectivity index (χ1n) is 7.18. The smallest absolute Gasteiger partial charge is 0.265 e. The number of fused-ring (bicyclic) bond motifs is 1. The number of amides is 1. The molecule has 1 amide bonds. The molecule has 0 aliphatic heterocycles. The lowest BCUT2D eigenvalue weighted by molar-refractivity contribution is 0.0952. The number of ether oxygens (including phenoxy) is 1. The Kier molecular flexibility index (Phi) is 4.55. The van der Waals surface area contributed by atoms with Gasteiger partial charge in [0.25, 0.3) is 5.91 Å². The van der Waals surface area contributed by atoms with E-state index in [1.165, 1.54) is 16.9 Å². The highest BCUT2D eigenvalue weighted by Gasteiger charge is 2.19. The van der Waals surface area contributed by atoms with Gasteiger partial charge in [-0.3, -0.25) is 4.79 Å². The van der Waals surface area contributed by atoms with Crippen molar-refractivity contribution >= 4 is 38.9 Å². The van der Waals surface area contributed by atoms with Crippen molar-refractivity contribution in [3.05, 3.63) is 63.5 Å². The Morgan fingerprint density at radius 3 is 2.65 bits per heavy atom. The molecule has 23 heavy (non-hydrogen) atoms. The molecular formula is C18H16ClNO2S. The molecule has 3 rings (SSSR count). The molecule has 0 aliphatic carbocycles. The molecule has 1 N–H and O–H groups in total. The van der Waals surface area contributed by atoms with Gasteiger partial charge in [0.1, 0.15) is 10.6 Å². The van der Waals surface area contributed by atoms with Crippen molar-refractivity contribution in [3.63, 3.8) is 0 Å². The van der Waals surface area contributed by atoms with Crippen molar-refractivity contribution in [1.29, 1.82) is 0 Å². The standard InChI is InChI=1S/C18H16ClNO2S/c1-11-3-5-12(6-4-11)10-20-18(21)17-16(22-2)14-8-7-13(19)9-15(14)23-17/h3-9H,10H2,1-2H3,(H,20,21). The summed E-state index contributed by atoms with van der Waals surface area (Å²) < 4.78 is 6.37. The number of hydrogen-bond acceptors (Lipinski definition) is 3. The largest absolute Gasteiger partial charge is 0.494 e. The van der Waals surface area contributed by atoms with Crippen LogP contribution >= 0.6 is 22.9 Å². The highest BCUT2D eigenvalue weighted by molar-refractivity contribution is 7.21. The van der Waals surface area contributed by atoms with Crippen LogP contribution in [0.4, 0.5) is 0 Å². The Morgan fingerprint density at radius 1 is 1.22 bits per heavy atom. The highest BCUT2D eigenvalue weighted by Crippen LogP contribution is 2.38. The van der Waals surface area contributed by atoms with Gasteiger partial charge in [-0.15, -0.1) is 11.3 Å². The number of thiophene rings is 1. The van der Waals surface area contributed by atoms with Crippen LogP contribution in [-0.2, 0) is 6.54 Å². The van der Waals surface area contributed by atoms with E-state index in [0.717, 1.165) is 15.6 Å². The zero-order valence-corrected chi connectivity index (χ0v) is 14.4. The summed E-state index contributed by atoms with van der Waals surface area (Å²) >= 11 is 7.41. The van der Waals surface area contributed by atoms with Gasteiger partial charge in [0.15, 0.2) is 0 Å². The first-order valence-corrected chi connectivity index (χ1v) is 8.37. The fourth-order valence-corrected chi connectivity index (χ4v) is 3.73. The Morgan fingerprint density at radius 2 is 1.96 bits per heavy atom. The minimum absolute atomic E-state index is 0.139. The topological polar surface area (TPSA) is 38.3 Å². The number of carbonyl (C=O) groups excluding carboxylic acids is 1. The lowest BCUT2D eigenvalue weighted by Crippen LogP contribution is -2.22. The van der Waals surface area contributed by atoms with Crippen molar-refractivity contribution < 1.29 is 9.53 Å². The number of nitrogens with one attached hydrogen (secondary N) is 1. The van der Waals surface area contributed by atoms with Gasteiger partial charge in [-0.05, 0) is 30.7 Å². The normalized spacial score (nSPS) is 10.7. The molecule has 0 bridgehead atoms. The third-order valence-corrected chi connectivity index (χ3v) is 4.96. The summed E-state index contributed by atoms with van der Waals surface area (Å²) in [6.07, 6.45) is 0. The second-order valence-corrected chi connectivity index (χ2v) is 6.76. The molecule has 0 saturated heterocycles. The van der Waals surface area contributed by atoms with Gasteiger partial charge in [0.2, 0.25) is 0 Å². The minimum Gasteiger partial charge on any atom is -0.494 e. The van der Waals surface area contributed by atoms with Gasteiger partial charge in [-0.2, -0.15) is 0 Å². The molecule has 5 heteroatoms. The molecule has 1 aromatic heterocycles. The second-order valence-electron chi connectivity index (χ2n) is 5.27. The molecule has 0 spiro atoms. The van der Waals surface area contributed by atoms with Gasteiger partial charge in [-0.1, -0.05) is 41.4 Å². The van der Waals surface area contributed by atoms with Crippen LogP contribution in [0.5, 0.6) is 5.75 Å². The van der Waals surface area contributed by atoms with Crippen molar-refractivity contribution in [1.82, 2.24) is 5.32 Å². The maximum Gasteiger partial charge on any atom is 0.265 e. The first kappa shape index (κ1) is 15.8. The number of halogens is 1. The fourth-order valence-electron chi connectivity index (χ4n) is 2.37. The van der Waals surface area contributed by atoms with Crippen LogP contribution in [0.25, 0.3) is 10.1 Å². The quantitative estimate of drug-likeness (QED) is 0.737. The average Bonchev–Trinajstić information content (AvgIpc) is 2.91. The Labute approximate surface area is 143 Å². The van der Waals surface area contributed by atoms with E-state index in [9.17, 15) is 4.79 Å². The predicted octanol–water partition coefficient (Wildman–Crippen LogP) is 4.80. The van der Waals surface area contributed by atoms with E-state index in [4.69, 9.17) is 16.3 Å². The van der Waals surface area contributed by atoms with Crippen molar-refractivity contribution in [2.45, 2.75) is 13.5 Å². The van der Waals surface area contributed by atoms with Crippen LogP contribution in [-0.4, -0.2) is 13.0 Å². The molecule has 118 valence electrons. The summed E-state index contributed by atoms with van der Waals surface area (Å²) in [7, 11) is 1.58. The monoisotopic (exact) mass is 345 g/mol. The van der Waals surface area contributed by atoms with E-state index < -0.39 is 0 Å². The molecule has 3 aromatic rings. The summed E-state index contributed by atoms with van der Waals surface area (Å²) in [4.78, 5) is 13.1. The van der Waals surface area contributed by atoms with Crippen molar-refractivity contribution in [2.75, 3.05) is 7.11 Å². The molecule has 0 radical (unpaired) electrons. The predicted molar refractivity (Wildman–Crippen MR) is 95.7 cm³/mol. The molecule has 0 aliphatic rings. The average molecular weight is 346 g/mol. The van der Waals surface area contributed by atoms with Gasteiger partial charge in [0, 0.05) is 21.7 Å². The highest BCUT2D eigenvalue weighted by atomic mass is 35.5. The Balaban J connectivity index is 1.84. The summed E-state index contributed by atoms with van der Waals surface area (Å²) in [5.74, 6) is 0.461. The van der Waals surface area contributed by atoms with E-state index in [0.29, 0.717) is 22.2 Å². The maximum atomic E-state index is 12.5. The number of benzene rings is 2. The third-order valence-electron chi connectivity index (χ3n) is 3.59. The van der Waals surface area contributed by atoms with E-state index in [1.807, 2.05) is 43.3 Å². The molecule has 0 saturated carbocycles. The van der Waals surface area contributed by atoms with Crippen LogP contribution in [0.2, 0.25) is 5.02 Å². The van der Waals surface area contributed by atoms with E-state index in [1.54, 1.807) is 13.2 Å². The zero-order valence-electron chi connectivity index (χ0n) is 12.9. The van der Waals surface area contributed by atoms with Crippen molar-refractivity contribution in [3.8, 4) is 5.75 Å². The summed E-state index contributed by atoms with van der Waals surface area (Å²) in [6.45, 7) is 2.52. The van der Waals surface area contributed by atoms with E-state index >= 15 is 0 Å². The summed E-state index contributed by atoms with van der Waals surface area (Å²) in [6, 6.07) is 13.6. The third kappa shape index (κ3) is 3.33. The molecule has 3 nitrogen and oxygen atoms in total. The lowest BCUT2D eigenvalue weighted by atomic mass is 10.1. The van der Waals surface area contributed by atoms with Gasteiger partial charge in [-0.25, -0.2) is 0 Å². The van der Waals surface area contributed by atoms with Gasteiger partial charge < -0.3 is 10.1 Å². The van der Waals surface area contributed by atoms with Crippen LogP contribution in [0.1, 0.15) is 20.8 Å². The summed E-state index contributed by atoms with van der Waals surface area (Å²) in [5.41, 5.74) is 2.26. The molecule has 0 atom stereocenters.